The van der Waals surface area contributed by atoms with Gasteiger partial charge in [-0.15, -0.1) is 0 Å². The Morgan fingerprint density at radius 1 is 1.19 bits per heavy atom. The molecular weight excluding hydrogens is 344 g/mol. The number of pyridine rings is 1. The van der Waals surface area contributed by atoms with Crippen molar-refractivity contribution < 1.29 is 19.4 Å². The first-order valence-corrected chi connectivity index (χ1v) is 9.00. The molecule has 1 amide bonds. The van der Waals surface area contributed by atoms with E-state index in [1.54, 1.807) is 48.8 Å². The van der Waals surface area contributed by atoms with E-state index >= 15 is 0 Å². The molecule has 1 N–H and O–H groups in total. The van der Waals surface area contributed by atoms with Gasteiger partial charge in [0.05, 0.1) is 18.2 Å². The number of carbonyl (C=O) groups is 2. The van der Waals surface area contributed by atoms with Gasteiger partial charge in [0.15, 0.2) is 0 Å². The first kappa shape index (κ1) is 18.6. The average molecular weight is 366 g/mol. The zero-order valence-corrected chi connectivity index (χ0v) is 15.4. The van der Waals surface area contributed by atoms with Crippen molar-refractivity contribution in [1.82, 2.24) is 9.88 Å². The Hall–Kier alpha value is -3.15. The van der Waals surface area contributed by atoms with Crippen molar-refractivity contribution in [2.45, 2.75) is 26.3 Å². The van der Waals surface area contributed by atoms with Gasteiger partial charge in [-0.05, 0) is 43.2 Å². The fourth-order valence-electron chi connectivity index (χ4n) is 3.30. The largest absolute Gasteiger partial charge is 0.507 e. The molecule has 27 heavy (non-hydrogen) atoms. The molecule has 1 aromatic carbocycles. The third-order valence-electron chi connectivity index (χ3n) is 4.44. The zero-order chi connectivity index (χ0) is 19.4. The van der Waals surface area contributed by atoms with Crippen molar-refractivity contribution in [3.8, 4) is 5.75 Å². The highest BCUT2D eigenvalue weighted by Gasteiger charge is 2.45. The Bertz CT molecular complexity index is 877. The number of amides is 1. The van der Waals surface area contributed by atoms with E-state index in [4.69, 9.17) is 4.74 Å². The predicted octanol–water partition coefficient (Wildman–Crippen LogP) is 3.31. The van der Waals surface area contributed by atoms with E-state index in [0.29, 0.717) is 30.9 Å². The highest BCUT2D eigenvalue weighted by molar-refractivity contribution is 6.46. The number of hydrogen-bond acceptors (Lipinski definition) is 5. The van der Waals surface area contributed by atoms with Gasteiger partial charge in [0, 0.05) is 24.5 Å². The molecule has 140 valence electrons. The summed E-state index contributed by atoms with van der Waals surface area (Å²) in [5.41, 5.74) is 1.27. The Labute approximate surface area is 158 Å². The van der Waals surface area contributed by atoms with E-state index in [0.717, 1.165) is 5.56 Å². The lowest BCUT2D eigenvalue weighted by molar-refractivity contribution is -0.139. The first-order chi connectivity index (χ1) is 13.1. The fraction of sp³-hybridized carbons (Fsp3) is 0.286. The number of carbonyl (C=O) groups excluding carboxylic acids is 2. The van der Waals surface area contributed by atoms with Gasteiger partial charge in [-0.25, -0.2) is 0 Å². The molecule has 2 heterocycles. The summed E-state index contributed by atoms with van der Waals surface area (Å²) in [6, 6.07) is 9.74. The van der Waals surface area contributed by atoms with Crippen molar-refractivity contribution in [3.05, 3.63) is 65.5 Å². The molecule has 1 aliphatic rings. The standard InChI is InChI=1S/C21H22N2O4/c1-3-12-23-18(14-8-10-22-11-9-14)17(20(25)21(23)26)19(24)15-6-5-7-16(13-15)27-4-2/h5-11,13,18,24H,3-4,12H2,1-2H3/b19-17-. The molecule has 1 aromatic heterocycles. The van der Waals surface area contributed by atoms with Gasteiger partial charge in [0.1, 0.15) is 11.5 Å². The number of Topliss-reactive ketones (excluding diaryl/α,β-unsaturated/α-hetero) is 1. The molecule has 6 nitrogen and oxygen atoms in total. The minimum Gasteiger partial charge on any atom is -0.507 e. The summed E-state index contributed by atoms with van der Waals surface area (Å²) in [4.78, 5) is 30.8. The van der Waals surface area contributed by atoms with Crippen molar-refractivity contribution in [1.29, 1.82) is 0 Å². The van der Waals surface area contributed by atoms with E-state index in [1.165, 1.54) is 4.90 Å². The normalized spacial score (nSPS) is 18.7. The van der Waals surface area contributed by atoms with Gasteiger partial charge in [-0.2, -0.15) is 0 Å². The van der Waals surface area contributed by atoms with Crippen molar-refractivity contribution >= 4 is 17.4 Å². The summed E-state index contributed by atoms with van der Waals surface area (Å²) in [6.07, 6.45) is 3.92. The van der Waals surface area contributed by atoms with Crippen LogP contribution in [-0.2, 0) is 9.59 Å². The summed E-state index contributed by atoms with van der Waals surface area (Å²) in [6.45, 7) is 4.72. The number of rotatable bonds is 6. The van der Waals surface area contributed by atoms with E-state index < -0.39 is 17.7 Å². The van der Waals surface area contributed by atoms with Gasteiger partial charge in [-0.3, -0.25) is 14.6 Å². The zero-order valence-electron chi connectivity index (χ0n) is 15.4. The molecule has 2 aromatic rings. The van der Waals surface area contributed by atoms with Gasteiger partial charge in [0.2, 0.25) is 0 Å². The van der Waals surface area contributed by atoms with Crippen LogP contribution in [0.1, 0.15) is 37.4 Å². The van der Waals surface area contributed by atoms with Gasteiger partial charge >= 0.3 is 0 Å². The van der Waals surface area contributed by atoms with Crippen LogP contribution in [0.4, 0.5) is 0 Å². The minimum atomic E-state index is -0.676. The van der Waals surface area contributed by atoms with Crippen LogP contribution in [0.2, 0.25) is 0 Å². The number of aromatic nitrogens is 1. The number of likely N-dealkylation sites (tertiary alicyclic amines) is 1. The third-order valence-corrected chi connectivity index (χ3v) is 4.44. The van der Waals surface area contributed by atoms with Crippen LogP contribution in [0.25, 0.3) is 5.76 Å². The molecular formula is C21H22N2O4. The predicted molar refractivity (Wildman–Crippen MR) is 101 cm³/mol. The van der Waals surface area contributed by atoms with Gasteiger partial charge in [-0.1, -0.05) is 19.1 Å². The lowest BCUT2D eigenvalue weighted by atomic mass is 9.96. The second-order valence-electron chi connectivity index (χ2n) is 6.23. The highest BCUT2D eigenvalue weighted by atomic mass is 16.5. The number of hydrogen-bond donors (Lipinski definition) is 1. The maximum absolute atomic E-state index is 12.7. The number of benzene rings is 1. The molecule has 0 bridgehead atoms. The average Bonchev–Trinajstić information content (AvgIpc) is 2.94. The molecule has 0 spiro atoms. The molecule has 1 unspecified atom stereocenters. The second kappa shape index (κ2) is 8.03. The van der Waals surface area contributed by atoms with E-state index in [-0.39, 0.29) is 11.3 Å². The van der Waals surface area contributed by atoms with E-state index in [9.17, 15) is 14.7 Å². The van der Waals surface area contributed by atoms with E-state index in [2.05, 4.69) is 4.98 Å². The maximum Gasteiger partial charge on any atom is 0.295 e. The smallest absolute Gasteiger partial charge is 0.295 e. The molecule has 1 atom stereocenters. The maximum atomic E-state index is 12.7. The molecule has 6 heteroatoms. The quantitative estimate of drug-likeness (QED) is 0.482. The number of aliphatic hydroxyl groups excluding tert-OH is 1. The lowest BCUT2D eigenvalue weighted by Gasteiger charge is -2.24. The van der Waals surface area contributed by atoms with Crippen LogP contribution >= 0.6 is 0 Å². The van der Waals surface area contributed by atoms with Crippen LogP contribution in [0.3, 0.4) is 0 Å². The van der Waals surface area contributed by atoms with Crippen LogP contribution in [0, 0.1) is 0 Å². The summed E-state index contributed by atoms with van der Waals surface area (Å²) in [5, 5.41) is 10.9. The lowest BCUT2D eigenvalue weighted by Crippen LogP contribution is -2.30. The summed E-state index contributed by atoms with van der Waals surface area (Å²) in [5.74, 6) is -0.883. The molecule has 1 fully saturated rings. The fourth-order valence-corrected chi connectivity index (χ4v) is 3.30. The number of aliphatic hydroxyl groups is 1. The summed E-state index contributed by atoms with van der Waals surface area (Å²) < 4.78 is 5.47. The first-order valence-electron chi connectivity index (χ1n) is 9.00. The number of ether oxygens (including phenoxy) is 1. The molecule has 1 aliphatic heterocycles. The molecule has 1 saturated heterocycles. The molecule has 0 saturated carbocycles. The second-order valence-corrected chi connectivity index (χ2v) is 6.23. The molecule has 3 rings (SSSR count). The van der Waals surface area contributed by atoms with Gasteiger partial charge in [0.25, 0.3) is 11.7 Å². The molecule has 0 radical (unpaired) electrons. The van der Waals surface area contributed by atoms with E-state index in [1.807, 2.05) is 13.8 Å². The minimum absolute atomic E-state index is 0.0910. The van der Waals surface area contributed by atoms with Crippen LogP contribution in [0.15, 0.2) is 54.4 Å². The van der Waals surface area contributed by atoms with Crippen molar-refractivity contribution in [3.63, 3.8) is 0 Å². The van der Waals surface area contributed by atoms with Crippen molar-refractivity contribution in [2.75, 3.05) is 13.2 Å². The SMILES string of the molecule is CCCN1C(=O)C(=O)/C(=C(\O)c2cccc(OCC)c2)C1c1ccncc1. The van der Waals surface area contributed by atoms with Gasteiger partial charge < -0.3 is 14.7 Å². The monoisotopic (exact) mass is 366 g/mol. The van der Waals surface area contributed by atoms with Crippen LogP contribution in [0.5, 0.6) is 5.75 Å². The Balaban J connectivity index is 2.14. The third kappa shape index (κ3) is 3.56. The van der Waals surface area contributed by atoms with Crippen LogP contribution in [-0.4, -0.2) is 39.8 Å². The summed E-state index contributed by atoms with van der Waals surface area (Å²) in [7, 11) is 0. The Morgan fingerprint density at radius 3 is 2.59 bits per heavy atom. The number of ketones is 1. The molecule has 0 aliphatic carbocycles. The number of nitrogens with zero attached hydrogens (tertiary/aromatic N) is 2. The van der Waals surface area contributed by atoms with Crippen LogP contribution < -0.4 is 4.74 Å². The Kier molecular flexibility index (Phi) is 5.54. The summed E-state index contributed by atoms with van der Waals surface area (Å²) >= 11 is 0. The Morgan fingerprint density at radius 2 is 1.93 bits per heavy atom. The van der Waals surface area contributed by atoms with Crippen molar-refractivity contribution in [2.24, 2.45) is 0 Å². The topological polar surface area (TPSA) is 79.7 Å². The highest BCUT2D eigenvalue weighted by Crippen LogP contribution is 2.39.